The van der Waals surface area contributed by atoms with Gasteiger partial charge in [-0.3, -0.25) is 9.52 Å². The molecule has 2 heterocycles. The van der Waals surface area contributed by atoms with Crippen LogP contribution in [0.1, 0.15) is 12.5 Å². The molecule has 0 bridgehead atoms. The Hall–Kier alpha value is -4.71. The van der Waals surface area contributed by atoms with Gasteiger partial charge in [0, 0.05) is 18.7 Å². The predicted octanol–water partition coefficient (Wildman–Crippen LogP) is 4.38. The lowest BCUT2D eigenvalue weighted by Crippen LogP contribution is -2.17. The summed E-state index contributed by atoms with van der Waals surface area (Å²) in [6.45, 7) is 3.07. The first-order chi connectivity index (χ1) is 18.2. The molecule has 0 unspecified atom stereocenters. The van der Waals surface area contributed by atoms with Crippen molar-refractivity contribution in [3.8, 4) is 40.3 Å². The first kappa shape index (κ1) is 26.4. The summed E-state index contributed by atoms with van der Waals surface area (Å²) in [5.74, 6) is 0.132. The van der Waals surface area contributed by atoms with Crippen molar-refractivity contribution in [1.82, 2.24) is 15.0 Å². The topological polar surface area (TPSA) is 139 Å². The third kappa shape index (κ3) is 5.98. The van der Waals surface area contributed by atoms with E-state index in [1.165, 1.54) is 39.5 Å². The Morgan fingerprint density at radius 2 is 1.68 bits per heavy atom. The second-order valence-electron chi connectivity index (χ2n) is 7.89. The number of para-hydroxylation sites is 2. The van der Waals surface area contributed by atoms with E-state index in [0.29, 0.717) is 11.3 Å². The first-order valence-electron chi connectivity index (χ1n) is 11.2. The molecule has 11 nitrogen and oxygen atoms in total. The van der Waals surface area contributed by atoms with Crippen molar-refractivity contribution in [2.75, 3.05) is 18.9 Å². The number of ether oxygens (including phenoxy) is 4. The molecule has 4 aromatic rings. The number of aryl methyl sites for hydroxylation is 1. The van der Waals surface area contributed by atoms with Crippen LogP contribution in [0, 0.1) is 6.92 Å². The number of benzene rings is 2. The molecule has 0 radical (unpaired) electrons. The number of methoxy groups -OCH3 is 2. The van der Waals surface area contributed by atoms with Gasteiger partial charge in [-0.15, -0.1) is 0 Å². The van der Waals surface area contributed by atoms with E-state index in [4.69, 9.17) is 18.9 Å². The second-order valence-corrected chi connectivity index (χ2v) is 9.52. The lowest BCUT2D eigenvalue weighted by molar-refractivity contribution is -0.131. The highest BCUT2D eigenvalue weighted by molar-refractivity contribution is 7.92. The molecule has 0 saturated heterocycles. The molecule has 0 fully saturated rings. The van der Waals surface area contributed by atoms with Gasteiger partial charge in [0.25, 0.3) is 15.9 Å². The van der Waals surface area contributed by atoms with Crippen LogP contribution >= 0.6 is 0 Å². The first-order valence-corrected chi connectivity index (χ1v) is 12.7. The van der Waals surface area contributed by atoms with Gasteiger partial charge < -0.3 is 18.9 Å². The van der Waals surface area contributed by atoms with Gasteiger partial charge in [0.05, 0.1) is 14.2 Å². The zero-order valence-corrected chi connectivity index (χ0v) is 21.8. The summed E-state index contributed by atoms with van der Waals surface area (Å²) in [6, 6.07) is 16.2. The Labute approximate surface area is 219 Å². The maximum absolute atomic E-state index is 13.3. The van der Waals surface area contributed by atoms with E-state index in [2.05, 4.69) is 19.7 Å². The molecule has 12 heteroatoms. The van der Waals surface area contributed by atoms with Gasteiger partial charge in [-0.2, -0.15) is 13.4 Å². The van der Waals surface area contributed by atoms with Crippen LogP contribution in [-0.2, 0) is 14.8 Å². The monoisotopic (exact) mass is 536 g/mol. The number of hydrogen-bond acceptors (Lipinski definition) is 10. The van der Waals surface area contributed by atoms with Gasteiger partial charge in [-0.05, 0) is 42.8 Å². The standard InChI is InChI=1S/C26H24N4O7S/c1-16-12-13-22(27-15-16)38(32,33)30-25-23(37-21-11-6-5-10-20(21)34-3)26(35-4)29-24(28-25)18-8-7-9-19(14-18)36-17(2)31/h5-15H,1-4H3,(H,28,29,30). The summed E-state index contributed by atoms with van der Waals surface area (Å²) in [7, 11) is -1.36. The van der Waals surface area contributed by atoms with Crippen molar-refractivity contribution in [3.63, 3.8) is 0 Å². The SMILES string of the molecule is COc1ccccc1Oc1c(NS(=O)(=O)c2ccc(C)cn2)nc(-c2cccc(OC(C)=O)c2)nc1OC. The van der Waals surface area contributed by atoms with Crippen LogP contribution in [0.5, 0.6) is 28.9 Å². The normalized spacial score (nSPS) is 10.9. The lowest BCUT2D eigenvalue weighted by Gasteiger charge is -2.17. The summed E-state index contributed by atoms with van der Waals surface area (Å²) in [5.41, 5.74) is 1.22. The van der Waals surface area contributed by atoms with Crippen molar-refractivity contribution >= 4 is 21.8 Å². The molecule has 0 amide bonds. The largest absolute Gasteiger partial charge is 0.493 e. The Morgan fingerprint density at radius 3 is 2.34 bits per heavy atom. The number of nitrogens with zero attached hydrogens (tertiary/aromatic N) is 3. The van der Waals surface area contributed by atoms with E-state index in [-0.39, 0.29) is 39.8 Å². The van der Waals surface area contributed by atoms with Crippen LogP contribution in [0.25, 0.3) is 11.4 Å². The maximum atomic E-state index is 13.3. The van der Waals surface area contributed by atoms with E-state index < -0.39 is 16.0 Å². The minimum Gasteiger partial charge on any atom is -0.493 e. The zero-order chi connectivity index (χ0) is 27.3. The van der Waals surface area contributed by atoms with Crippen LogP contribution in [0.2, 0.25) is 0 Å². The number of anilines is 1. The average molecular weight is 537 g/mol. The van der Waals surface area contributed by atoms with Crippen LogP contribution in [0.4, 0.5) is 5.82 Å². The fourth-order valence-electron chi connectivity index (χ4n) is 3.33. The van der Waals surface area contributed by atoms with Crippen LogP contribution in [0.3, 0.4) is 0 Å². The van der Waals surface area contributed by atoms with E-state index in [0.717, 1.165) is 5.56 Å². The van der Waals surface area contributed by atoms with Crippen molar-refractivity contribution in [2.45, 2.75) is 18.9 Å². The van der Waals surface area contributed by atoms with Gasteiger partial charge in [-0.1, -0.05) is 30.3 Å². The Balaban J connectivity index is 1.86. The highest BCUT2D eigenvalue weighted by Crippen LogP contribution is 2.41. The molecule has 4 rings (SSSR count). The predicted molar refractivity (Wildman–Crippen MR) is 138 cm³/mol. The van der Waals surface area contributed by atoms with Crippen LogP contribution in [0.15, 0.2) is 71.9 Å². The van der Waals surface area contributed by atoms with E-state index >= 15 is 0 Å². The molecule has 0 aliphatic rings. The number of esters is 1. The molecule has 38 heavy (non-hydrogen) atoms. The third-order valence-corrected chi connectivity index (χ3v) is 6.31. The molecular formula is C26H24N4O7S. The fraction of sp³-hybridized carbons (Fsp3) is 0.154. The van der Waals surface area contributed by atoms with Gasteiger partial charge in [0.1, 0.15) is 5.75 Å². The quantitative estimate of drug-likeness (QED) is 0.242. The maximum Gasteiger partial charge on any atom is 0.308 e. The van der Waals surface area contributed by atoms with Crippen molar-refractivity contribution in [3.05, 3.63) is 72.4 Å². The summed E-state index contributed by atoms with van der Waals surface area (Å²) in [5, 5.41) is -0.220. The molecule has 2 aromatic heterocycles. The summed E-state index contributed by atoms with van der Waals surface area (Å²) >= 11 is 0. The molecule has 0 aliphatic heterocycles. The second kappa shape index (κ2) is 11.1. The summed E-state index contributed by atoms with van der Waals surface area (Å²) in [4.78, 5) is 24.3. The van der Waals surface area contributed by atoms with Crippen molar-refractivity contribution in [2.24, 2.45) is 0 Å². The number of aromatic nitrogens is 3. The molecule has 0 atom stereocenters. The minimum atomic E-state index is -4.20. The van der Waals surface area contributed by atoms with Gasteiger partial charge in [0.15, 0.2) is 28.2 Å². The van der Waals surface area contributed by atoms with Crippen molar-refractivity contribution < 1.29 is 32.2 Å². The van der Waals surface area contributed by atoms with Gasteiger partial charge >= 0.3 is 5.97 Å². The van der Waals surface area contributed by atoms with Gasteiger partial charge in [0.2, 0.25) is 5.75 Å². The molecule has 0 spiro atoms. The van der Waals surface area contributed by atoms with E-state index in [1.807, 2.05) is 0 Å². The number of carbonyl (C=O) groups excluding carboxylic acids is 1. The van der Waals surface area contributed by atoms with E-state index in [1.54, 1.807) is 55.5 Å². The van der Waals surface area contributed by atoms with Crippen LogP contribution in [-0.4, -0.2) is 43.6 Å². The molecular weight excluding hydrogens is 512 g/mol. The van der Waals surface area contributed by atoms with E-state index in [9.17, 15) is 13.2 Å². The smallest absolute Gasteiger partial charge is 0.308 e. The highest BCUT2D eigenvalue weighted by atomic mass is 32.2. The molecule has 0 saturated carbocycles. The molecule has 196 valence electrons. The molecule has 0 aliphatic carbocycles. The zero-order valence-electron chi connectivity index (χ0n) is 21.0. The fourth-order valence-corrected chi connectivity index (χ4v) is 4.27. The third-order valence-electron chi connectivity index (χ3n) is 5.05. The minimum absolute atomic E-state index is 0.0617. The van der Waals surface area contributed by atoms with Gasteiger partial charge in [-0.25, -0.2) is 9.97 Å². The molecule has 2 aromatic carbocycles. The van der Waals surface area contributed by atoms with Crippen LogP contribution < -0.4 is 23.7 Å². The van der Waals surface area contributed by atoms with Crippen molar-refractivity contribution in [1.29, 1.82) is 0 Å². The summed E-state index contributed by atoms with van der Waals surface area (Å²) in [6.07, 6.45) is 1.44. The Kier molecular flexibility index (Phi) is 7.72. The highest BCUT2D eigenvalue weighted by Gasteiger charge is 2.25. The Morgan fingerprint density at radius 1 is 0.921 bits per heavy atom. The number of nitrogens with one attached hydrogen (secondary N) is 1. The average Bonchev–Trinajstić information content (AvgIpc) is 2.89. The Bertz CT molecular complexity index is 1580. The lowest BCUT2D eigenvalue weighted by atomic mass is 10.2. The molecule has 1 N–H and O–H groups in total. The number of rotatable bonds is 9. The number of pyridine rings is 1. The number of carbonyl (C=O) groups is 1. The number of sulfonamides is 1. The summed E-state index contributed by atoms with van der Waals surface area (Å²) < 4.78 is 51.0. The number of hydrogen-bond donors (Lipinski definition) is 1.